The fourth-order valence-electron chi connectivity index (χ4n) is 8.93. The molecule has 1 amide bonds. The molecule has 2 N–H and O–H groups in total. The van der Waals surface area contributed by atoms with Crippen LogP contribution in [0.25, 0.3) is 0 Å². The van der Waals surface area contributed by atoms with E-state index < -0.39 is 20.0 Å². The van der Waals surface area contributed by atoms with Crippen molar-refractivity contribution in [2.24, 2.45) is 0 Å². The Hall–Kier alpha value is -3.85. The molecule has 0 aromatic heterocycles. The van der Waals surface area contributed by atoms with Crippen LogP contribution in [-0.2, 0) is 27.9 Å². The van der Waals surface area contributed by atoms with Gasteiger partial charge in [-0.25, -0.2) is 4.57 Å². The lowest BCUT2D eigenvalue weighted by Gasteiger charge is -2.27. The number of hydrogen-bond donors (Lipinski definition) is 2. The van der Waals surface area contributed by atoms with Gasteiger partial charge in [0.2, 0.25) is 5.91 Å². The molecule has 83 heavy (non-hydrogen) atoms. The normalized spacial score (nSPS) is 14.4. The second-order valence-electron chi connectivity index (χ2n) is 23.3. The van der Waals surface area contributed by atoms with Crippen LogP contribution in [0.3, 0.4) is 0 Å². The van der Waals surface area contributed by atoms with Crippen molar-refractivity contribution in [1.29, 1.82) is 0 Å². The summed E-state index contributed by atoms with van der Waals surface area (Å²) in [6.07, 6.45) is 87.3. The molecule has 0 aliphatic carbocycles. The Morgan fingerprint density at radius 2 is 0.771 bits per heavy atom. The molecule has 0 radical (unpaired) electrons. The molecule has 0 saturated heterocycles. The number of rotatable bonds is 59. The number of esters is 1. The van der Waals surface area contributed by atoms with E-state index in [2.05, 4.69) is 148 Å². The zero-order valence-corrected chi connectivity index (χ0v) is 55.0. The monoisotopic (exact) mass is 1170 g/mol. The number of unbranched alkanes of at least 4 members (excludes halogenated alkanes) is 23. The van der Waals surface area contributed by atoms with Crippen molar-refractivity contribution in [2.75, 3.05) is 40.9 Å². The second-order valence-corrected chi connectivity index (χ2v) is 24.7. The number of nitrogens with one attached hydrogen (secondary N) is 1. The SMILES string of the molecule is CC/C=C\C/C=C\C/C=C\C/C=C\C/C=C\C/C=C\CCCCCCC(=O)OC(/C=C/CCCCCCCCCCCCC)C(COP(=O)(O)OCC[N+](C)(C)C)NC(=O)CCCCCCC/C=C\C/C=C\C/C=C\C/C=C\CCCCC. The number of nitrogens with zero attached hydrogens (tertiary/aromatic N) is 1. The number of carbonyl (C=O) groups excluding carboxylic acids is 2. The molecule has 0 fully saturated rings. The minimum absolute atomic E-state index is 0.0243. The van der Waals surface area contributed by atoms with Crippen LogP contribution in [0, 0.1) is 0 Å². The van der Waals surface area contributed by atoms with Crippen LogP contribution in [0.4, 0.5) is 0 Å². The van der Waals surface area contributed by atoms with Gasteiger partial charge in [-0.15, -0.1) is 0 Å². The van der Waals surface area contributed by atoms with Gasteiger partial charge >= 0.3 is 13.8 Å². The second kappa shape index (κ2) is 61.2. The summed E-state index contributed by atoms with van der Waals surface area (Å²) in [6.45, 7) is 6.83. The molecular weight excluding hydrogens is 1050 g/mol. The Morgan fingerprint density at radius 1 is 0.434 bits per heavy atom. The fraction of sp³-hybridized carbons (Fsp3) is 0.671. The molecule has 0 aliphatic heterocycles. The van der Waals surface area contributed by atoms with Gasteiger partial charge < -0.3 is 19.4 Å². The summed E-state index contributed by atoms with van der Waals surface area (Å²) in [5.41, 5.74) is 0. The lowest BCUT2D eigenvalue weighted by Crippen LogP contribution is -2.47. The van der Waals surface area contributed by atoms with Gasteiger partial charge in [-0.3, -0.25) is 18.6 Å². The highest BCUT2D eigenvalue weighted by molar-refractivity contribution is 7.47. The van der Waals surface area contributed by atoms with E-state index in [0.717, 1.165) is 141 Å². The highest BCUT2D eigenvalue weighted by Gasteiger charge is 2.30. The van der Waals surface area contributed by atoms with E-state index >= 15 is 0 Å². The van der Waals surface area contributed by atoms with Crippen molar-refractivity contribution in [3.63, 3.8) is 0 Å². The summed E-state index contributed by atoms with van der Waals surface area (Å²) in [7, 11) is 1.45. The summed E-state index contributed by atoms with van der Waals surface area (Å²) in [6, 6.07) is -0.880. The predicted molar refractivity (Wildman–Crippen MR) is 359 cm³/mol. The molecule has 0 bridgehead atoms. The van der Waals surface area contributed by atoms with Crippen LogP contribution < -0.4 is 5.32 Å². The molecule has 9 nitrogen and oxygen atoms in total. The van der Waals surface area contributed by atoms with Gasteiger partial charge in [0.05, 0.1) is 33.8 Å². The molecular formula is C73H126N2O7P+. The van der Waals surface area contributed by atoms with E-state index in [1.54, 1.807) is 0 Å². The molecule has 3 atom stereocenters. The molecule has 0 heterocycles. The Morgan fingerprint density at radius 3 is 1.18 bits per heavy atom. The van der Waals surface area contributed by atoms with Gasteiger partial charge in [-0.2, -0.15) is 0 Å². The highest BCUT2D eigenvalue weighted by atomic mass is 31.2. The number of phosphoric acid groups is 1. The lowest BCUT2D eigenvalue weighted by molar-refractivity contribution is -0.870. The number of carbonyl (C=O) groups is 2. The Bertz CT molecular complexity index is 1880. The minimum Gasteiger partial charge on any atom is -0.456 e. The van der Waals surface area contributed by atoms with Crippen molar-refractivity contribution in [3.05, 3.63) is 134 Å². The molecule has 474 valence electrons. The van der Waals surface area contributed by atoms with Crippen molar-refractivity contribution in [2.45, 2.75) is 277 Å². The van der Waals surface area contributed by atoms with Crippen LogP contribution in [0.5, 0.6) is 0 Å². The first-order valence-electron chi connectivity index (χ1n) is 33.5. The van der Waals surface area contributed by atoms with Gasteiger partial charge in [-0.1, -0.05) is 258 Å². The highest BCUT2D eigenvalue weighted by Crippen LogP contribution is 2.43. The average Bonchev–Trinajstić information content (AvgIpc) is 3.47. The average molecular weight is 1170 g/mol. The number of quaternary nitrogens is 1. The maximum absolute atomic E-state index is 13.6. The smallest absolute Gasteiger partial charge is 0.456 e. The predicted octanol–water partition coefficient (Wildman–Crippen LogP) is 21.2. The summed E-state index contributed by atoms with van der Waals surface area (Å²) in [5.74, 6) is -0.562. The van der Waals surface area contributed by atoms with Crippen molar-refractivity contribution in [1.82, 2.24) is 5.32 Å². The van der Waals surface area contributed by atoms with E-state index in [0.29, 0.717) is 23.9 Å². The first-order chi connectivity index (χ1) is 40.4. The molecule has 10 heteroatoms. The fourth-order valence-corrected chi connectivity index (χ4v) is 9.66. The van der Waals surface area contributed by atoms with Gasteiger partial charge in [-0.05, 0) is 128 Å². The topological polar surface area (TPSA) is 111 Å². The Labute approximate surface area is 511 Å². The molecule has 0 aliphatic rings. The number of allylic oxidation sites excluding steroid dienone is 21. The maximum atomic E-state index is 13.6. The van der Waals surface area contributed by atoms with Crippen LogP contribution >= 0.6 is 7.82 Å². The Kier molecular flexibility index (Phi) is 58.4. The first-order valence-corrected chi connectivity index (χ1v) is 35.0. The zero-order chi connectivity index (χ0) is 60.7. The van der Waals surface area contributed by atoms with Gasteiger partial charge in [0.15, 0.2) is 0 Å². The van der Waals surface area contributed by atoms with Crippen LogP contribution in [0.2, 0.25) is 0 Å². The maximum Gasteiger partial charge on any atom is 0.472 e. The third kappa shape index (κ3) is 62.5. The summed E-state index contributed by atoms with van der Waals surface area (Å²) < 4.78 is 30.8. The number of hydrogen-bond acceptors (Lipinski definition) is 6. The van der Waals surface area contributed by atoms with Crippen LogP contribution in [-0.4, -0.2) is 74.3 Å². The molecule has 0 rings (SSSR count). The minimum atomic E-state index is -4.48. The van der Waals surface area contributed by atoms with E-state index in [1.165, 1.54) is 83.5 Å². The van der Waals surface area contributed by atoms with Crippen LogP contribution in [0.15, 0.2) is 134 Å². The zero-order valence-electron chi connectivity index (χ0n) is 54.1. The number of ether oxygens (including phenoxy) is 1. The van der Waals surface area contributed by atoms with E-state index in [-0.39, 0.29) is 31.5 Å². The summed E-state index contributed by atoms with van der Waals surface area (Å²) in [4.78, 5) is 37.8. The quantitative estimate of drug-likeness (QED) is 0.0205. The molecule has 0 aromatic rings. The number of phosphoric ester groups is 1. The molecule has 0 saturated carbocycles. The van der Waals surface area contributed by atoms with E-state index in [1.807, 2.05) is 33.3 Å². The number of amides is 1. The number of likely N-dealkylation sites (N-methyl/N-ethyl adjacent to an activating group) is 1. The Balaban J connectivity index is 5.32. The van der Waals surface area contributed by atoms with Crippen molar-refractivity contribution >= 4 is 19.7 Å². The van der Waals surface area contributed by atoms with Crippen molar-refractivity contribution in [3.8, 4) is 0 Å². The summed E-state index contributed by atoms with van der Waals surface area (Å²) >= 11 is 0. The third-order valence-electron chi connectivity index (χ3n) is 14.1. The van der Waals surface area contributed by atoms with Crippen molar-refractivity contribution < 1.29 is 37.3 Å². The molecule has 0 spiro atoms. The molecule has 0 aromatic carbocycles. The van der Waals surface area contributed by atoms with Gasteiger partial charge in [0.1, 0.15) is 19.3 Å². The van der Waals surface area contributed by atoms with E-state index in [9.17, 15) is 19.0 Å². The largest absolute Gasteiger partial charge is 0.472 e. The standard InChI is InChI=1S/C73H125N2O7P/c1-7-10-13-16-19-22-25-28-30-32-34-36-37-39-41-43-45-48-51-54-57-60-63-66-73(77)82-71(64-61-58-55-52-49-46-27-24-21-18-15-12-9-3)70(69-81-83(78,79)80-68-67-75(4,5)6)74-72(76)65-62-59-56-53-50-47-44-42-40-38-35-33-31-29-26-23-20-17-14-11-8-2/h10,13,19-20,22-23,28-31,34-36,38-39,41-42,44-45,48,61,64,70-71H,7-9,11-12,14-18,21,24-27,32-33,37,40,43,46-47,49-60,62-63,65-69H2,1-6H3,(H-,74,76,78,79)/p+1/b13-10-,22-19-,23-20-,30-28-,31-29-,36-34-,38-35-,41-39-,44-42-,48-45-,64-61+. The molecule has 3 unspecified atom stereocenters. The summed E-state index contributed by atoms with van der Waals surface area (Å²) in [5, 5.41) is 3.05. The van der Waals surface area contributed by atoms with E-state index in [4.69, 9.17) is 13.8 Å². The third-order valence-corrected chi connectivity index (χ3v) is 15.1. The van der Waals surface area contributed by atoms with Gasteiger partial charge in [0, 0.05) is 12.8 Å². The van der Waals surface area contributed by atoms with Gasteiger partial charge in [0.25, 0.3) is 0 Å². The first kappa shape index (κ1) is 79.2. The lowest BCUT2D eigenvalue weighted by atomic mass is 10.0. The van der Waals surface area contributed by atoms with Crippen LogP contribution in [0.1, 0.15) is 265 Å².